The summed E-state index contributed by atoms with van der Waals surface area (Å²) < 4.78 is 5.51. The molecular formula is C22H42N4O3. The minimum atomic E-state index is -0.150. The summed E-state index contributed by atoms with van der Waals surface area (Å²) in [5, 5.41) is 23.0. The molecule has 5 N–H and O–H groups in total. The van der Waals surface area contributed by atoms with E-state index in [0.29, 0.717) is 24.5 Å². The van der Waals surface area contributed by atoms with Crippen molar-refractivity contribution in [3.8, 4) is 0 Å². The molecule has 0 spiro atoms. The van der Waals surface area contributed by atoms with Crippen LogP contribution in [0.1, 0.15) is 64.7 Å². The lowest BCUT2D eigenvalue weighted by Gasteiger charge is -2.40. The second-order valence-electron chi connectivity index (χ2n) is 9.52. The van der Waals surface area contributed by atoms with Crippen LogP contribution in [0.15, 0.2) is 0 Å². The fourth-order valence-corrected chi connectivity index (χ4v) is 5.34. The van der Waals surface area contributed by atoms with Crippen molar-refractivity contribution < 1.29 is 14.6 Å². The number of nitrogens with one attached hydrogen (secondary N) is 4. The Bertz CT molecular complexity index is 482. The Balaban J connectivity index is 1.29. The van der Waals surface area contributed by atoms with Gasteiger partial charge < -0.3 is 15.2 Å². The van der Waals surface area contributed by atoms with Crippen molar-refractivity contribution >= 4 is 5.91 Å². The highest BCUT2D eigenvalue weighted by Crippen LogP contribution is 2.32. The average Bonchev–Trinajstić information content (AvgIpc) is 2.75. The second kappa shape index (κ2) is 11.6. The van der Waals surface area contributed by atoms with Crippen LogP contribution in [0.4, 0.5) is 0 Å². The first-order valence-corrected chi connectivity index (χ1v) is 11.7. The van der Waals surface area contributed by atoms with E-state index in [1.807, 2.05) is 14.0 Å². The molecule has 1 amide bonds. The molecule has 2 aliphatic carbocycles. The fourth-order valence-electron chi connectivity index (χ4n) is 5.34. The highest BCUT2D eigenvalue weighted by Gasteiger charge is 2.31. The summed E-state index contributed by atoms with van der Waals surface area (Å²) in [5.41, 5.74) is 0. The van der Waals surface area contributed by atoms with Crippen LogP contribution in [0.2, 0.25) is 0 Å². The molecule has 1 atom stereocenters. The van der Waals surface area contributed by atoms with Gasteiger partial charge in [0.15, 0.2) is 0 Å². The van der Waals surface area contributed by atoms with Crippen LogP contribution < -0.4 is 21.3 Å². The maximum Gasteiger partial charge on any atom is 0.220 e. The predicted octanol–water partition coefficient (Wildman–Crippen LogP) is 1.32. The molecule has 0 aromatic rings. The van der Waals surface area contributed by atoms with Gasteiger partial charge in [0.25, 0.3) is 0 Å². The number of hydrogen-bond donors (Lipinski definition) is 5. The Morgan fingerprint density at radius 3 is 2.28 bits per heavy atom. The van der Waals surface area contributed by atoms with Gasteiger partial charge in [-0.25, -0.2) is 0 Å². The lowest BCUT2D eigenvalue weighted by Crippen LogP contribution is -2.63. The Morgan fingerprint density at radius 2 is 1.69 bits per heavy atom. The summed E-state index contributed by atoms with van der Waals surface area (Å²) >= 11 is 0. The van der Waals surface area contributed by atoms with Gasteiger partial charge in [-0.1, -0.05) is 0 Å². The maximum absolute atomic E-state index is 12.0. The van der Waals surface area contributed by atoms with Crippen LogP contribution in [0.3, 0.4) is 0 Å². The molecular weight excluding hydrogens is 368 g/mol. The minimum absolute atomic E-state index is 0.000926. The SMILES string of the molecule is COC1CCC(C2CNC(NC3CCC(CC(=O)N[C@@H](C)CO)CC3)NC2)CC1. The molecule has 3 aliphatic rings. The van der Waals surface area contributed by atoms with E-state index in [4.69, 9.17) is 9.84 Å². The average molecular weight is 411 g/mol. The van der Waals surface area contributed by atoms with Gasteiger partial charge in [-0.2, -0.15) is 0 Å². The molecule has 0 radical (unpaired) electrons. The highest BCUT2D eigenvalue weighted by atomic mass is 16.5. The Morgan fingerprint density at radius 1 is 1.03 bits per heavy atom. The molecule has 7 heteroatoms. The molecule has 3 fully saturated rings. The number of carbonyl (C=O) groups excluding carboxylic acids is 1. The van der Waals surface area contributed by atoms with Crippen LogP contribution in [-0.4, -0.2) is 62.3 Å². The fraction of sp³-hybridized carbons (Fsp3) is 0.955. The Kier molecular flexibility index (Phi) is 9.18. The third-order valence-electron chi connectivity index (χ3n) is 7.29. The summed E-state index contributed by atoms with van der Waals surface area (Å²) in [6.45, 7) is 4.01. The first kappa shape index (κ1) is 22.9. The number of ether oxygens (including phenoxy) is 1. The summed E-state index contributed by atoms with van der Waals surface area (Å²) in [4.78, 5) is 12.0. The van der Waals surface area contributed by atoms with E-state index in [1.165, 1.54) is 25.7 Å². The number of methoxy groups -OCH3 is 1. The molecule has 2 saturated carbocycles. The van der Waals surface area contributed by atoms with Gasteiger partial charge >= 0.3 is 0 Å². The lowest BCUT2D eigenvalue weighted by atomic mass is 9.78. The van der Waals surface area contributed by atoms with Crippen molar-refractivity contribution in [2.24, 2.45) is 17.8 Å². The number of rotatable bonds is 8. The molecule has 168 valence electrons. The van der Waals surface area contributed by atoms with Crippen molar-refractivity contribution in [1.82, 2.24) is 21.3 Å². The van der Waals surface area contributed by atoms with E-state index >= 15 is 0 Å². The van der Waals surface area contributed by atoms with E-state index in [1.54, 1.807) is 0 Å². The minimum Gasteiger partial charge on any atom is -0.394 e. The first-order chi connectivity index (χ1) is 14.1. The molecule has 1 saturated heterocycles. The first-order valence-electron chi connectivity index (χ1n) is 11.7. The van der Waals surface area contributed by atoms with Crippen molar-refractivity contribution in [1.29, 1.82) is 0 Å². The highest BCUT2D eigenvalue weighted by molar-refractivity contribution is 5.76. The summed E-state index contributed by atoms with van der Waals surface area (Å²) in [7, 11) is 1.84. The maximum atomic E-state index is 12.0. The molecule has 3 rings (SSSR count). The summed E-state index contributed by atoms with van der Waals surface area (Å²) in [6.07, 6.45) is 10.7. The monoisotopic (exact) mass is 410 g/mol. The van der Waals surface area contributed by atoms with E-state index in [9.17, 15) is 4.79 Å². The molecule has 0 aromatic heterocycles. The van der Waals surface area contributed by atoms with E-state index in [-0.39, 0.29) is 24.8 Å². The van der Waals surface area contributed by atoms with Crippen LogP contribution in [0.25, 0.3) is 0 Å². The van der Waals surface area contributed by atoms with Crippen LogP contribution in [-0.2, 0) is 9.53 Å². The zero-order chi connectivity index (χ0) is 20.6. The van der Waals surface area contributed by atoms with Crippen LogP contribution >= 0.6 is 0 Å². The number of aliphatic hydroxyl groups is 1. The second-order valence-corrected chi connectivity index (χ2v) is 9.52. The molecule has 0 bridgehead atoms. The number of amides is 1. The Hall–Kier alpha value is -0.730. The molecule has 1 heterocycles. The summed E-state index contributed by atoms with van der Waals surface area (Å²) in [5.74, 6) is 2.08. The zero-order valence-corrected chi connectivity index (χ0v) is 18.3. The van der Waals surface area contributed by atoms with Crippen LogP contribution in [0, 0.1) is 17.8 Å². The smallest absolute Gasteiger partial charge is 0.220 e. The lowest BCUT2D eigenvalue weighted by molar-refractivity contribution is -0.123. The van der Waals surface area contributed by atoms with Crippen LogP contribution in [0.5, 0.6) is 0 Å². The van der Waals surface area contributed by atoms with Crippen molar-refractivity contribution in [3.05, 3.63) is 0 Å². The van der Waals surface area contributed by atoms with E-state index in [2.05, 4.69) is 21.3 Å². The van der Waals surface area contributed by atoms with E-state index in [0.717, 1.165) is 50.6 Å². The van der Waals surface area contributed by atoms with Gasteiger partial charge in [0.05, 0.1) is 12.7 Å². The van der Waals surface area contributed by atoms with Gasteiger partial charge in [-0.3, -0.25) is 20.7 Å². The van der Waals surface area contributed by atoms with Gasteiger partial charge in [0, 0.05) is 38.7 Å². The number of hydrogen-bond acceptors (Lipinski definition) is 6. The van der Waals surface area contributed by atoms with E-state index < -0.39 is 0 Å². The van der Waals surface area contributed by atoms with Gasteiger partial charge in [0.2, 0.25) is 5.91 Å². The normalized spacial score (nSPS) is 37.1. The molecule has 1 aliphatic heterocycles. The standard InChI is InChI=1S/C22H42N4O3/c1-15(14-27)25-21(28)11-16-3-7-19(8-4-16)26-22-23-12-18(13-24-22)17-5-9-20(29-2)10-6-17/h15-20,22-24,26-27H,3-14H2,1-2H3,(H,25,28)/t15-,16?,17?,18?,19?,20?,22?/m0/s1. The summed E-state index contributed by atoms with van der Waals surface area (Å²) in [6, 6.07) is 0.368. The van der Waals surface area contributed by atoms with Gasteiger partial charge in [0.1, 0.15) is 6.29 Å². The van der Waals surface area contributed by atoms with Crippen molar-refractivity contribution in [2.45, 2.75) is 89.2 Å². The quantitative estimate of drug-likeness (QED) is 0.414. The molecule has 0 aromatic carbocycles. The Labute approximate surface area is 176 Å². The predicted molar refractivity (Wildman–Crippen MR) is 114 cm³/mol. The third kappa shape index (κ3) is 7.17. The van der Waals surface area contributed by atoms with Gasteiger partial charge in [-0.15, -0.1) is 0 Å². The zero-order valence-electron chi connectivity index (χ0n) is 18.3. The largest absolute Gasteiger partial charge is 0.394 e. The molecule has 29 heavy (non-hydrogen) atoms. The van der Waals surface area contributed by atoms with Crippen molar-refractivity contribution in [2.75, 3.05) is 26.8 Å². The molecule has 0 unspecified atom stereocenters. The molecule has 7 nitrogen and oxygen atoms in total. The van der Waals surface area contributed by atoms with Crippen molar-refractivity contribution in [3.63, 3.8) is 0 Å². The topological polar surface area (TPSA) is 94.7 Å². The van der Waals surface area contributed by atoms with Gasteiger partial charge in [-0.05, 0) is 76.0 Å². The number of aliphatic hydroxyl groups excluding tert-OH is 1. The number of carbonyl (C=O) groups is 1. The third-order valence-corrected chi connectivity index (χ3v) is 7.29.